The first-order valence-corrected chi connectivity index (χ1v) is 16.2. The highest BCUT2D eigenvalue weighted by Gasteiger charge is 2.32. The highest BCUT2D eigenvalue weighted by atomic mass is 16.2. The van der Waals surface area contributed by atoms with Crippen LogP contribution in [-0.2, 0) is 37.4 Å². The fourth-order valence-corrected chi connectivity index (χ4v) is 5.66. The topological polar surface area (TPSA) is 171 Å². The molecule has 4 rings (SSSR count). The smallest absolute Gasteiger partial charge is 0.252 e. The number of carbonyl (C=O) groups is 6. The van der Waals surface area contributed by atoms with Crippen LogP contribution < -0.4 is 26.6 Å². The maximum atomic E-state index is 13.7. The molecule has 48 heavy (non-hydrogen) atoms. The number of aryl methyl sites for hydroxylation is 1. The highest BCUT2D eigenvalue weighted by molar-refractivity contribution is 6.08. The van der Waals surface area contributed by atoms with Gasteiger partial charge in [0.05, 0.1) is 6.54 Å². The van der Waals surface area contributed by atoms with E-state index in [1.165, 1.54) is 18.9 Å². The molecule has 1 fully saturated rings. The molecular formula is C35H45N7O6. The molecule has 13 nitrogen and oxygen atoms in total. The minimum Gasteiger partial charge on any atom is -0.355 e. The van der Waals surface area contributed by atoms with Crippen LogP contribution >= 0.6 is 0 Å². The quantitative estimate of drug-likeness (QED) is 0.274. The number of carbonyl (C=O) groups excluding carboxylic acids is 6. The van der Waals surface area contributed by atoms with Crippen molar-refractivity contribution in [1.29, 1.82) is 0 Å². The monoisotopic (exact) mass is 659 g/mol. The van der Waals surface area contributed by atoms with Gasteiger partial charge in [0.25, 0.3) is 5.91 Å². The number of nitrogens with one attached hydrogen (secondary N) is 5. The van der Waals surface area contributed by atoms with Crippen LogP contribution in [0.4, 0.5) is 0 Å². The van der Waals surface area contributed by atoms with E-state index in [9.17, 15) is 28.8 Å². The predicted molar refractivity (Wildman–Crippen MR) is 181 cm³/mol. The lowest BCUT2D eigenvalue weighted by Gasteiger charge is -2.28. The van der Waals surface area contributed by atoms with Crippen LogP contribution in [0.5, 0.6) is 0 Å². The molecule has 1 aliphatic heterocycles. The van der Waals surface area contributed by atoms with Gasteiger partial charge in [0.2, 0.25) is 29.5 Å². The second-order valence-electron chi connectivity index (χ2n) is 12.6. The average molecular weight is 660 g/mol. The van der Waals surface area contributed by atoms with Gasteiger partial charge in [-0.15, -0.1) is 0 Å². The molecule has 0 unspecified atom stereocenters. The van der Waals surface area contributed by atoms with Gasteiger partial charge in [0, 0.05) is 49.7 Å². The molecule has 0 saturated carbocycles. The normalized spacial score (nSPS) is 22.3. The van der Waals surface area contributed by atoms with Crippen LogP contribution in [0.15, 0.2) is 60.8 Å². The summed E-state index contributed by atoms with van der Waals surface area (Å²) in [5.74, 6) is -3.48. The molecule has 4 atom stereocenters. The number of fused-ring (bicyclic) bond motifs is 1. The van der Waals surface area contributed by atoms with Crippen molar-refractivity contribution in [2.75, 3.05) is 20.1 Å². The van der Waals surface area contributed by atoms with E-state index in [4.69, 9.17) is 0 Å². The lowest BCUT2D eigenvalue weighted by atomic mass is 10.0. The van der Waals surface area contributed by atoms with Crippen molar-refractivity contribution in [3.05, 3.63) is 71.9 Å². The van der Waals surface area contributed by atoms with Gasteiger partial charge in [-0.3, -0.25) is 28.8 Å². The molecule has 6 amide bonds. The fourth-order valence-electron chi connectivity index (χ4n) is 5.66. The van der Waals surface area contributed by atoms with Gasteiger partial charge in [0.15, 0.2) is 0 Å². The maximum Gasteiger partial charge on any atom is 0.252 e. The molecule has 2 aromatic carbocycles. The summed E-state index contributed by atoms with van der Waals surface area (Å²) >= 11 is 0. The number of amides is 6. The van der Waals surface area contributed by atoms with Gasteiger partial charge in [-0.25, -0.2) is 0 Å². The Morgan fingerprint density at radius 2 is 1.62 bits per heavy atom. The Bertz CT molecular complexity index is 1650. The third-order valence-electron chi connectivity index (χ3n) is 8.44. The van der Waals surface area contributed by atoms with Crippen molar-refractivity contribution in [3.8, 4) is 0 Å². The Morgan fingerprint density at radius 1 is 0.896 bits per heavy atom. The zero-order valence-corrected chi connectivity index (χ0v) is 28.0. The number of hydrogen-bond acceptors (Lipinski definition) is 6. The summed E-state index contributed by atoms with van der Waals surface area (Å²) in [6.45, 7) is 4.91. The summed E-state index contributed by atoms with van der Waals surface area (Å²) in [6, 6.07) is 12.2. The Hall–Kier alpha value is -5.20. The lowest BCUT2D eigenvalue weighted by Crippen LogP contribution is -2.59. The van der Waals surface area contributed by atoms with Crippen LogP contribution in [0.2, 0.25) is 0 Å². The van der Waals surface area contributed by atoms with Crippen molar-refractivity contribution in [2.24, 2.45) is 13.0 Å². The number of nitrogens with zero attached hydrogens (tertiary/aromatic N) is 2. The first-order chi connectivity index (χ1) is 22.8. The number of aromatic nitrogens is 1. The largest absolute Gasteiger partial charge is 0.355 e. The maximum absolute atomic E-state index is 13.7. The summed E-state index contributed by atoms with van der Waals surface area (Å²) in [6.07, 6.45) is 2.49. The number of likely N-dealkylation sites (N-methyl/N-ethyl adjacent to an activating group) is 1. The Balaban J connectivity index is 1.57. The summed E-state index contributed by atoms with van der Waals surface area (Å²) < 4.78 is 1.89. The Kier molecular flexibility index (Phi) is 11.9. The SMILES string of the molecule is CC(C)[C@H]1NC(=O)[C@@H](NC(=O)c2cccc3c2ccn3C)CCCNC(=O)CN(C)C(=O)[C@H](Cc2ccccc2)NC(=O)[C@@H](C)NC1=O. The van der Waals surface area contributed by atoms with E-state index < -0.39 is 59.6 Å². The van der Waals surface area contributed by atoms with E-state index in [0.29, 0.717) is 12.0 Å². The summed E-state index contributed by atoms with van der Waals surface area (Å²) in [5, 5.41) is 14.5. The molecule has 3 aromatic rings. The lowest BCUT2D eigenvalue weighted by molar-refractivity contribution is -0.139. The molecule has 13 heteroatoms. The first kappa shape index (κ1) is 35.7. The van der Waals surface area contributed by atoms with Crippen LogP contribution in [0.25, 0.3) is 10.9 Å². The first-order valence-electron chi connectivity index (χ1n) is 16.2. The van der Waals surface area contributed by atoms with E-state index in [1.807, 2.05) is 60.3 Å². The second-order valence-corrected chi connectivity index (χ2v) is 12.6. The van der Waals surface area contributed by atoms with Crippen LogP contribution in [0.1, 0.15) is 49.5 Å². The van der Waals surface area contributed by atoms with E-state index in [0.717, 1.165) is 16.5 Å². The fraction of sp³-hybridized carbons (Fsp3) is 0.429. The number of benzene rings is 2. The van der Waals surface area contributed by atoms with Crippen LogP contribution in [0.3, 0.4) is 0 Å². The van der Waals surface area contributed by atoms with Gasteiger partial charge in [-0.1, -0.05) is 50.2 Å². The second kappa shape index (κ2) is 16.1. The van der Waals surface area contributed by atoms with Gasteiger partial charge >= 0.3 is 0 Å². The standard InChI is InChI=1S/C35H45N7O6/c1-21(2)30-34(47)37-22(3)31(44)39-27(19-23-11-7-6-8-12-23)35(48)42(5)20-29(43)36-17-10-14-26(33(46)40-30)38-32(45)25-13-9-15-28-24(25)16-18-41(28)4/h6-9,11-13,15-16,18,21-22,26-27,30H,10,14,17,19-20H2,1-5H3,(H,36,43)(H,37,47)(H,38,45)(H,39,44)(H,40,46)/t22-,26+,27+,30-/m1/s1. The molecule has 0 bridgehead atoms. The molecule has 5 N–H and O–H groups in total. The van der Waals surface area contributed by atoms with E-state index in [1.54, 1.807) is 26.0 Å². The van der Waals surface area contributed by atoms with Crippen LogP contribution in [0, 0.1) is 5.92 Å². The molecule has 0 aliphatic carbocycles. The van der Waals surface area contributed by atoms with Gasteiger partial charge in [0.1, 0.15) is 24.2 Å². The van der Waals surface area contributed by atoms with Gasteiger partial charge in [-0.2, -0.15) is 0 Å². The van der Waals surface area contributed by atoms with Crippen LogP contribution in [-0.4, -0.2) is 89.2 Å². The van der Waals surface area contributed by atoms with E-state index in [-0.39, 0.29) is 31.8 Å². The molecule has 2 heterocycles. The van der Waals surface area contributed by atoms with Crippen molar-refractivity contribution in [1.82, 2.24) is 36.1 Å². The average Bonchev–Trinajstić information content (AvgIpc) is 3.44. The predicted octanol–water partition coefficient (Wildman–Crippen LogP) is 1.02. The van der Waals surface area contributed by atoms with Crippen molar-refractivity contribution < 1.29 is 28.8 Å². The minimum atomic E-state index is -1.06. The van der Waals surface area contributed by atoms with E-state index in [2.05, 4.69) is 26.6 Å². The zero-order chi connectivity index (χ0) is 35.0. The number of hydrogen-bond donors (Lipinski definition) is 5. The van der Waals surface area contributed by atoms with Gasteiger partial charge in [-0.05, 0) is 49.4 Å². The third kappa shape index (κ3) is 8.99. The molecule has 1 aliphatic rings. The number of rotatable bonds is 5. The molecule has 1 aromatic heterocycles. The third-order valence-corrected chi connectivity index (χ3v) is 8.44. The summed E-state index contributed by atoms with van der Waals surface area (Å²) in [4.78, 5) is 81.5. The van der Waals surface area contributed by atoms with Crippen molar-refractivity contribution in [3.63, 3.8) is 0 Å². The molecule has 0 spiro atoms. The Morgan fingerprint density at radius 3 is 2.33 bits per heavy atom. The van der Waals surface area contributed by atoms with Crippen molar-refractivity contribution >= 4 is 46.3 Å². The van der Waals surface area contributed by atoms with Gasteiger partial charge < -0.3 is 36.1 Å². The molecule has 0 radical (unpaired) electrons. The minimum absolute atomic E-state index is 0.155. The Labute approximate surface area is 280 Å². The summed E-state index contributed by atoms with van der Waals surface area (Å²) in [7, 11) is 3.35. The molecule has 256 valence electrons. The van der Waals surface area contributed by atoms with Crippen molar-refractivity contribution in [2.45, 2.75) is 64.2 Å². The van der Waals surface area contributed by atoms with E-state index >= 15 is 0 Å². The summed E-state index contributed by atoms with van der Waals surface area (Å²) in [5.41, 5.74) is 2.05. The molecule has 1 saturated heterocycles. The highest BCUT2D eigenvalue weighted by Crippen LogP contribution is 2.20. The molecular weight excluding hydrogens is 614 g/mol. The zero-order valence-electron chi connectivity index (χ0n) is 28.0.